The summed E-state index contributed by atoms with van der Waals surface area (Å²) in [7, 11) is 1.58. The van der Waals surface area contributed by atoms with Gasteiger partial charge in [-0.05, 0) is 31.2 Å². The number of ether oxygens (including phenoxy) is 2. The molecule has 7 heteroatoms. The van der Waals surface area contributed by atoms with Crippen LogP contribution in [-0.2, 0) is 4.79 Å². The molecule has 136 valence electrons. The molecule has 6 nitrogen and oxygen atoms in total. The molecule has 1 N–H and O–H groups in total. The van der Waals surface area contributed by atoms with Crippen LogP contribution in [0.25, 0.3) is 0 Å². The highest BCUT2D eigenvalue weighted by Gasteiger charge is 2.16. The number of imide groups is 1. The SMILES string of the molecule is COc1cccc(C(=O)COc2ccc(C)cc2)c1.O=C1CSC(=O)N1. The summed E-state index contributed by atoms with van der Waals surface area (Å²) < 4.78 is 10.5. The third kappa shape index (κ3) is 6.25. The molecule has 0 spiro atoms. The van der Waals surface area contributed by atoms with Crippen molar-refractivity contribution in [2.75, 3.05) is 19.5 Å². The summed E-state index contributed by atoms with van der Waals surface area (Å²) in [5.41, 5.74) is 1.75. The molecule has 0 aliphatic carbocycles. The van der Waals surface area contributed by atoms with Gasteiger partial charge >= 0.3 is 0 Å². The summed E-state index contributed by atoms with van der Waals surface area (Å²) in [6, 6.07) is 14.7. The highest BCUT2D eigenvalue weighted by Crippen LogP contribution is 2.15. The van der Waals surface area contributed by atoms with E-state index in [1.807, 2.05) is 31.2 Å². The summed E-state index contributed by atoms with van der Waals surface area (Å²) >= 11 is 1.01. The average Bonchev–Trinajstić information content (AvgIpc) is 3.04. The molecule has 2 amide bonds. The number of nitrogens with one attached hydrogen (secondary N) is 1. The quantitative estimate of drug-likeness (QED) is 0.811. The molecular weight excluding hydrogens is 354 g/mol. The topological polar surface area (TPSA) is 81.7 Å². The van der Waals surface area contributed by atoms with E-state index in [1.165, 1.54) is 0 Å². The number of thioether (sulfide) groups is 1. The van der Waals surface area contributed by atoms with Crippen LogP contribution in [0.4, 0.5) is 4.79 Å². The molecule has 0 radical (unpaired) electrons. The Hall–Kier alpha value is -2.80. The second kappa shape index (κ2) is 9.62. The summed E-state index contributed by atoms with van der Waals surface area (Å²) in [6.45, 7) is 2.03. The average molecular weight is 373 g/mol. The molecular formula is C19H19NO5S. The van der Waals surface area contributed by atoms with Gasteiger partial charge < -0.3 is 9.47 Å². The smallest absolute Gasteiger partial charge is 0.286 e. The van der Waals surface area contributed by atoms with Crippen LogP contribution in [0.1, 0.15) is 15.9 Å². The van der Waals surface area contributed by atoms with Crippen LogP contribution in [0.5, 0.6) is 11.5 Å². The van der Waals surface area contributed by atoms with Gasteiger partial charge in [0, 0.05) is 5.56 Å². The highest BCUT2D eigenvalue weighted by atomic mass is 32.2. The minimum absolute atomic E-state index is 0.0240. The minimum Gasteiger partial charge on any atom is -0.497 e. The Bertz CT molecular complexity index is 775. The van der Waals surface area contributed by atoms with Crippen LogP contribution in [0, 0.1) is 6.92 Å². The zero-order chi connectivity index (χ0) is 18.9. The van der Waals surface area contributed by atoms with Crippen molar-refractivity contribution in [1.29, 1.82) is 0 Å². The van der Waals surface area contributed by atoms with Gasteiger partial charge in [0.05, 0.1) is 12.9 Å². The van der Waals surface area contributed by atoms with Crippen molar-refractivity contribution in [3.05, 3.63) is 59.7 Å². The number of hydrogen-bond donors (Lipinski definition) is 1. The molecule has 1 fully saturated rings. The van der Waals surface area contributed by atoms with E-state index >= 15 is 0 Å². The Morgan fingerprint density at radius 3 is 2.38 bits per heavy atom. The van der Waals surface area contributed by atoms with E-state index in [-0.39, 0.29) is 23.5 Å². The summed E-state index contributed by atoms with van der Waals surface area (Å²) in [5.74, 6) is 1.40. The monoisotopic (exact) mass is 373 g/mol. The molecule has 0 unspecified atom stereocenters. The number of hydrogen-bond acceptors (Lipinski definition) is 6. The second-order valence-corrected chi connectivity index (χ2v) is 6.33. The van der Waals surface area contributed by atoms with Crippen LogP contribution < -0.4 is 14.8 Å². The number of amides is 2. The van der Waals surface area contributed by atoms with Gasteiger partial charge in [-0.2, -0.15) is 0 Å². The Labute approximate surface area is 155 Å². The lowest BCUT2D eigenvalue weighted by atomic mass is 10.1. The van der Waals surface area contributed by atoms with Crippen molar-refractivity contribution in [3.63, 3.8) is 0 Å². The summed E-state index contributed by atoms with van der Waals surface area (Å²) in [4.78, 5) is 32.2. The van der Waals surface area contributed by atoms with E-state index < -0.39 is 0 Å². The molecule has 0 saturated carbocycles. The fourth-order valence-corrected chi connectivity index (χ4v) is 2.50. The number of aryl methyl sites for hydroxylation is 1. The molecule has 0 aromatic heterocycles. The van der Waals surface area contributed by atoms with Crippen molar-refractivity contribution in [3.8, 4) is 11.5 Å². The first-order valence-corrected chi connectivity index (χ1v) is 8.80. The van der Waals surface area contributed by atoms with Crippen molar-refractivity contribution >= 4 is 28.7 Å². The van der Waals surface area contributed by atoms with Gasteiger partial charge in [0.2, 0.25) is 5.91 Å². The Morgan fingerprint density at radius 1 is 1.12 bits per heavy atom. The first-order chi connectivity index (χ1) is 12.5. The molecule has 1 heterocycles. The predicted octanol–water partition coefficient (Wildman–Crippen LogP) is 3.23. The lowest BCUT2D eigenvalue weighted by molar-refractivity contribution is -0.117. The molecule has 2 aromatic carbocycles. The minimum atomic E-state index is -0.231. The number of ketones is 1. The molecule has 1 aliphatic rings. The number of Topliss-reactive ketones (excluding diaryl/α,β-unsaturated/α-hetero) is 1. The van der Waals surface area contributed by atoms with Gasteiger partial charge in [0.1, 0.15) is 11.5 Å². The fourth-order valence-electron chi connectivity index (χ4n) is 1.98. The standard InChI is InChI=1S/C16H16O3.C3H3NO2S/c1-12-6-8-14(9-7-12)19-11-16(17)13-4-3-5-15(10-13)18-2;5-2-1-7-3(6)4-2/h3-10H,11H2,1-2H3;1H2,(H,4,5,6). The van der Waals surface area contributed by atoms with Gasteiger partial charge in [0.15, 0.2) is 12.4 Å². The number of carbonyl (C=O) groups is 3. The molecule has 26 heavy (non-hydrogen) atoms. The second-order valence-electron chi connectivity index (χ2n) is 5.38. The highest BCUT2D eigenvalue weighted by molar-refractivity contribution is 8.14. The zero-order valence-corrected chi connectivity index (χ0v) is 15.3. The molecule has 3 rings (SSSR count). The van der Waals surface area contributed by atoms with E-state index in [1.54, 1.807) is 31.4 Å². The van der Waals surface area contributed by atoms with E-state index in [0.29, 0.717) is 22.8 Å². The Balaban J connectivity index is 0.000000290. The Kier molecular flexibility index (Phi) is 7.23. The predicted molar refractivity (Wildman–Crippen MR) is 100.0 cm³/mol. The van der Waals surface area contributed by atoms with Crippen molar-refractivity contribution in [2.45, 2.75) is 6.92 Å². The number of methoxy groups -OCH3 is 1. The summed E-state index contributed by atoms with van der Waals surface area (Å²) in [6.07, 6.45) is 0. The zero-order valence-electron chi connectivity index (χ0n) is 14.5. The molecule has 1 saturated heterocycles. The van der Waals surface area contributed by atoms with Crippen LogP contribution >= 0.6 is 11.8 Å². The van der Waals surface area contributed by atoms with Crippen molar-refractivity contribution < 1.29 is 23.9 Å². The third-order valence-corrected chi connectivity index (χ3v) is 4.13. The number of benzene rings is 2. The van der Waals surface area contributed by atoms with Gasteiger partial charge in [-0.1, -0.05) is 41.6 Å². The maximum atomic E-state index is 12.0. The van der Waals surface area contributed by atoms with Gasteiger partial charge in [-0.25, -0.2) is 0 Å². The molecule has 1 aliphatic heterocycles. The number of rotatable bonds is 5. The van der Waals surface area contributed by atoms with Crippen LogP contribution in [0.15, 0.2) is 48.5 Å². The normalized spacial score (nSPS) is 12.7. The first-order valence-electron chi connectivity index (χ1n) is 7.81. The van der Waals surface area contributed by atoms with Crippen LogP contribution in [0.3, 0.4) is 0 Å². The molecule has 0 atom stereocenters. The summed E-state index contributed by atoms with van der Waals surface area (Å²) in [5, 5.41) is 1.87. The van der Waals surface area contributed by atoms with E-state index in [2.05, 4.69) is 5.32 Å². The maximum Gasteiger partial charge on any atom is 0.286 e. The molecule has 0 bridgehead atoms. The van der Waals surface area contributed by atoms with E-state index in [0.717, 1.165) is 17.3 Å². The van der Waals surface area contributed by atoms with Crippen LogP contribution in [0.2, 0.25) is 0 Å². The first kappa shape index (κ1) is 19.5. The van der Waals surface area contributed by atoms with E-state index in [9.17, 15) is 14.4 Å². The Morgan fingerprint density at radius 2 is 1.85 bits per heavy atom. The lowest BCUT2D eigenvalue weighted by Crippen LogP contribution is -2.18. The van der Waals surface area contributed by atoms with Crippen molar-refractivity contribution in [1.82, 2.24) is 5.32 Å². The third-order valence-electron chi connectivity index (χ3n) is 3.36. The molecule has 2 aromatic rings. The van der Waals surface area contributed by atoms with E-state index in [4.69, 9.17) is 9.47 Å². The lowest BCUT2D eigenvalue weighted by Gasteiger charge is -2.07. The van der Waals surface area contributed by atoms with Crippen LogP contribution in [-0.4, -0.2) is 36.4 Å². The number of carbonyl (C=O) groups excluding carboxylic acids is 3. The maximum absolute atomic E-state index is 12.0. The van der Waals surface area contributed by atoms with Gasteiger partial charge in [-0.15, -0.1) is 0 Å². The van der Waals surface area contributed by atoms with Crippen molar-refractivity contribution in [2.24, 2.45) is 0 Å². The largest absolute Gasteiger partial charge is 0.497 e. The van der Waals surface area contributed by atoms with Gasteiger partial charge in [-0.3, -0.25) is 19.7 Å². The van der Waals surface area contributed by atoms with Gasteiger partial charge in [0.25, 0.3) is 5.24 Å². The fraction of sp³-hybridized carbons (Fsp3) is 0.211.